The topological polar surface area (TPSA) is 64.0 Å². The van der Waals surface area contributed by atoms with E-state index in [0.29, 0.717) is 50.7 Å². The fraction of sp³-hybridized carbons (Fsp3) is 0.476. The van der Waals surface area contributed by atoms with Gasteiger partial charge < -0.3 is 14.4 Å². The lowest BCUT2D eigenvalue weighted by Gasteiger charge is -2.33. The average molecular weight is 662 g/mol. The monoisotopic (exact) mass is 661 g/mol. The summed E-state index contributed by atoms with van der Waals surface area (Å²) in [7, 11) is 0. The second-order valence-corrected chi connectivity index (χ2v) is 15.3. The zero-order valence-electron chi connectivity index (χ0n) is 29.6. The fourth-order valence-corrected chi connectivity index (χ4v) is 7.44. The molecule has 4 aliphatic rings. The highest BCUT2D eigenvalue weighted by atomic mass is 16.6. The Kier molecular flexibility index (Phi) is 9.67. The highest BCUT2D eigenvalue weighted by molar-refractivity contribution is 5.83. The smallest absolute Gasteiger partial charge is 0.410 e. The molecule has 0 N–H and O–H groups in total. The van der Waals surface area contributed by atoms with E-state index in [9.17, 15) is 9.59 Å². The summed E-state index contributed by atoms with van der Waals surface area (Å²) < 4.78 is 14.3. The highest BCUT2D eigenvalue weighted by Crippen LogP contribution is 2.54. The standard InChI is InChI=1S/C42H51N3O4/c1-5-6-15-39(46)45-26-33(37-19-16-32-23-38(32)40(37)45)24-44(35-17-18-35)28-48-27-34-25-43(41(47)49-42(2,3)4)21-20-36(34)31-14-10-13-30(22-31)29-11-8-7-9-12-29/h7-14,16,19,22,26,32,35,38H,5-6,15,17-18,20-21,23-25,27-28H2,1-4H3. The van der Waals surface area contributed by atoms with E-state index >= 15 is 0 Å². The van der Waals surface area contributed by atoms with Gasteiger partial charge in [0.2, 0.25) is 5.91 Å². The molecule has 2 atom stereocenters. The van der Waals surface area contributed by atoms with Crippen molar-refractivity contribution in [2.45, 2.75) is 96.7 Å². The number of rotatable bonds is 12. The third-order valence-corrected chi connectivity index (χ3v) is 10.3. The van der Waals surface area contributed by atoms with Crippen LogP contribution in [0.2, 0.25) is 0 Å². The van der Waals surface area contributed by atoms with Crippen LogP contribution >= 0.6 is 0 Å². The van der Waals surface area contributed by atoms with Gasteiger partial charge in [-0.2, -0.15) is 0 Å². The number of hydrogen-bond donors (Lipinski definition) is 0. The van der Waals surface area contributed by atoms with Gasteiger partial charge in [-0.05, 0) is 98.3 Å². The zero-order chi connectivity index (χ0) is 34.1. The summed E-state index contributed by atoms with van der Waals surface area (Å²) in [6.07, 6.45) is 13.2. The van der Waals surface area contributed by atoms with E-state index in [0.717, 1.165) is 50.6 Å². The van der Waals surface area contributed by atoms with Crippen LogP contribution in [0.4, 0.5) is 4.79 Å². The number of benzene rings is 2. The molecule has 3 aromatic rings. The van der Waals surface area contributed by atoms with Crippen molar-refractivity contribution >= 4 is 23.6 Å². The Labute approximate surface area is 291 Å². The van der Waals surface area contributed by atoms with Crippen molar-refractivity contribution in [3.63, 3.8) is 0 Å². The maximum atomic E-state index is 13.3. The second-order valence-electron chi connectivity index (χ2n) is 15.3. The van der Waals surface area contributed by atoms with Crippen molar-refractivity contribution in [2.24, 2.45) is 5.92 Å². The number of unbranched alkanes of at least 4 members (excludes halogenated alkanes) is 1. The molecule has 7 nitrogen and oxygen atoms in total. The number of fused-ring (bicyclic) bond motifs is 3. The molecule has 1 aliphatic heterocycles. The average Bonchev–Trinajstić information content (AvgIpc) is 4.04. The van der Waals surface area contributed by atoms with E-state index < -0.39 is 5.60 Å². The summed E-state index contributed by atoms with van der Waals surface area (Å²) in [4.78, 5) is 30.7. The van der Waals surface area contributed by atoms with Crippen molar-refractivity contribution in [1.29, 1.82) is 0 Å². The Bertz CT molecular complexity index is 1740. The molecule has 2 fully saturated rings. The largest absolute Gasteiger partial charge is 0.444 e. The number of carbonyl (C=O) groups is 2. The van der Waals surface area contributed by atoms with E-state index in [1.165, 1.54) is 39.1 Å². The molecule has 7 heteroatoms. The molecule has 1 aromatic heterocycles. The van der Waals surface area contributed by atoms with Gasteiger partial charge in [-0.15, -0.1) is 0 Å². The molecule has 0 bridgehead atoms. The van der Waals surface area contributed by atoms with E-state index in [1.54, 1.807) is 0 Å². The molecule has 2 unspecified atom stereocenters. The maximum Gasteiger partial charge on any atom is 0.410 e. The zero-order valence-corrected chi connectivity index (χ0v) is 29.6. The molecule has 2 saturated carbocycles. The van der Waals surface area contributed by atoms with Crippen LogP contribution in [-0.4, -0.2) is 64.4 Å². The minimum Gasteiger partial charge on any atom is -0.444 e. The van der Waals surface area contributed by atoms with Gasteiger partial charge in [0.05, 0.1) is 13.3 Å². The number of hydrogen-bond acceptors (Lipinski definition) is 5. The predicted molar refractivity (Wildman–Crippen MR) is 195 cm³/mol. The minimum absolute atomic E-state index is 0.224. The first-order valence-electron chi connectivity index (χ1n) is 18.3. The van der Waals surface area contributed by atoms with Crippen molar-refractivity contribution in [2.75, 3.05) is 26.4 Å². The summed E-state index contributed by atoms with van der Waals surface area (Å²) in [6, 6.07) is 19.7. The molecule has 0 saturated heterocycles. The third kappa shape index (κ3) is 7.79. The lowest BCUT2D eigenvalue weighted by molar-refractivity contribution is 0.0188. The molecule has 49 heavy (non-hydrogen) atoms. The molecule has 2 heterocycles. The molecular formula is C42H51N3O4. The second kappa shape index (κ2) is 14.1. The maximum absolute atomic E-state index is 13.3. The minimum atomic E-state index is -0.555. The summed E-state index contributed by atoms with van der Waals surface area (Å²) in [5, 5.41) is 0. The fourth-order valence-electron chi connectivity index (χ4n) is 7.44. The summed E-state index contributed by atoms with van der Waals surface area (Å²) >= 11 is 0. The normalized spacial score (nSPS) is 20.0. The molecule has 3 aliphatic carbocycles. The number of nitrogens with zero attached hydrogens (tertiary/aromatic N) is 3. The molecule has 0 radical (unpaired) electrons. The van der Waals surface area contributed by atoms with Gasteiger partial charge >= 0.3 is 6.09 Å². The van der Waals surface area contributed by atoms with Crippen molar-refractivity contribution in [1.82, 2.24) is 14.4 Å². The van der Waals surface area contributed by atoms with Crippen LogP contribution in [0.15, 0.2) is 72.4 Å². The Morgan fingerprint density at radius 3 is 2.53 bits per heavy atom. The quantitative estimate of drug-likeness (QED) is 0.181. The molecule has 0 spiro atoms. The lowest BCUT2D eigenvalue weighted by atomic mass is 9.91. The first-order chi connectivity index (χ1) is 23.7. The van der Waals surface area contributed by atoms with Gasteiger partial charge in [-0.3, -0.25) is 14.3 Å². The highest BCUT2D eigenvalue weighted by Gasteiger charge is 2.44. The van der Waals surface area contributed by atoms with Crippen LogP contribution in [0.5, 0.6) is 0 Å². The Balaban J connectivity index is 1.11. The van der Waals surface area contributed by atoms with Gasteiger partial charge in [-0.1, -0.05) is 74.0 Å². The first-order valence-corrected chi connectivity index (χ1v) is 18.3. The Morgan fingerprint density at radius 2 is 1.78 bits per heavy atom. The molecule has 7 rings (SSSR count). The lowest BCUT2D eigenvalue weighted by Crippen LogP contribution is -2.41. The van der Waals surface area contributed by atoms with E-state index in [-0.39, 0.29) is 12.0 Å². The van der Waals surface area contributed by atoms with Crippen molar-refractivity contribution in [3.05, 3.63) is 94.8 Å². The number of ether oxygens (including phenoxy) is 2. The van der Waals surface area contributed by atoms with Crippen LogP contribution in [0.1, 0.15) is 106 Å². The van der Waals surface area contributed by atoms with Gasteiger partial charge in [0.25, 0.3) is 0 Å². The Morgan fingerprint density at radius 1 is 1.00 bits per heavy atom. The van der Waals surface area contributed by atoms with E-state index in [1.807, 2.05) is 36.3 Å². The molecular weight excluding hydrogens is 610 g/mol. The summed E-state index contributed by atoms with van der Waals surface area (Å²) in [5.41, 5.74) is 9.05. The molecule has 2 aromatic carbocycles. The van der Waals surface area contributed by atoms with Gasteiger partial charge in [-0.25, -0.2) is 4.79 Å². The van der Waals surface area contributed by atoms with Gasteiger partial charge in [0.1, 0.15) is 5.60 Å². The molecule has 1 amide bonds. The predicted octanol–water partition coefficient (Wildman–Crippen LogP) is 9.15. The van der Waals surface area contributed by atoms with Gasteiger partial charge in [0.15, 0.2) is 0 Å². The van der Waals surface area contributed by atoms with Crippen LogP contribution in [-0.2, 0) is 16.0 Å². The number of amides is 1. The number of aromatic nitrogens is 1. The first kappa shape index (κ1) is 33.6. The van der Waals surface area contributed by atoms with E-state index in [2.05, 4.69) is 78.7 Å². The number of allylic oxidation sites excluding steroid dienone is 1. The number of carbonyl (C=O) groups excluding carboxylic acids is 2. The summed E-state index contributed by atoms with van der Waals surface area (Å²) in [6.45, 7) is 10.6. The van der Waals surface area contributed by atoms with Crippen molar-refractivity contribution < 1.29 is 19.1 Å². The Hall–Kier alpha value is -3.94. The van der Waals surface area contributed by atoms with Crippen LogP contribution in [0, 0.1) is 5.92 Å². The van der Waals surface area contributed by atoms with Crippen LogP contribution in [0.25, 0.3) is 22.8 Å². The SMILES string of the molecule is CCCCC(=O)n1cc(CN(COCC2=C(c3cccc(-c4ccccc4)c3)CCN(C(=O)OC(C)(C)C)C2)C2CC2)c2c1C1CC1C=C2. The van der Waals surface area contributed by atoms with Crippen molar-refractivity contribution in [3.8, 4) is 11.1 Å². The van der Waals surface area contributed by atoms with Gasteiger partial charge in [0, 0.05) is 55.5 Å². The third-order valence-electron chi connectivity index (χ3n) is 10.3. The van der Waals surface area contributed by atoms with Crippen LogP contribution in [0.3, 0.4) is 0 Å². The molecule has 258 valence electrons. The van der Waals surface area contributed by atoms with E-state index in [4.69, 9.17) is 9.47 Å². The van der Waals surface area contributed by atoms with Crippen LogP contribution < -0.4 is 0 Å². The summed E-state index contributed by atoms with van der Waals surface area (Å²) in [5.74, 6) is 1.29.